The van der Waals surface area contributed by atoms with Crippen molar-refractivity contribution < 1.29 is 42.1 Å². The lowest BCUT2D eigenvalue weighted by Crippen LogP contribution is -2.37. The topological polar surface area (TPSA) is 108 Å². The number of nitrogens with zero attached hydrogens (tertiary/aromatic N) is 1. The summed E-state index contributed by atoms with van der Waals surface area (Å²) >= 11 is 0. The Morgan fingerprint density at radius 3 is 0.831 bits per heavy atom. The third-order valence-electron chi connectivity index (χ3n) is 15.9. The van der Waals surface area contributed by atoms with E-state index in [9.17, 15) is 19.0 Å². The van der Waals surface area contributed by atoms with Gasteiger partial charge in [0.1, 0.15) is 19.8 Å². The lowest BCUT2D eigenvalue weighted by Gasteiger charge is -2.24. The van der Waals surface area contributed by atoms with Crippen molar-refractivity contribution in [1.29, 1.82) is 0 Å². The van der Waals surface area contributed by atoms with Gasteiger partial charge < -0.3 is 18.9 Å². The predicted molar refractivity (Wildman–Crippen MR) is 331 cm³/mol. The summed E-state index contributed by atoms with van der Waals surface area (Å²) in [7, 11) is 1.51. The Hall–Kier alpha value is -0.990. The van der Waals surface area contributed by atoms with Crippen LogP contribution < -0.4 is 0 Å². The van der Waals surface area contributed by atoms with Crippen LogP contribution in [0.15, 0.2) is 0 Å². The van der Waals surface area contributed by atoms with Gasteiger partial charge in [-0.25, -0.2) is 4.57 Å². The van der Waals surface area contributed by atoms with Crippen molar-refractivity contribution in [2.45, 2.75) is 373 Å². The fraction of sp³-hybridized carbons (Fsp3) is 0.970. The Kier molecular flexibility index (Phi) is 58.9. The molecule has 2 atom stereocenters. The van der Waals surface area contributed by atoms with Crippen LogP contribution in [-0.4, -0.2) is 74.9 Å². The van der Waals surface area contributed by atoms with Gasteiger partial charge >= 0.3 is 19.8 Å². The maximum atomic E-state index is 12.9. The van der Waals surface area contributed by atoms with Gasteiger partial charge in [-0.3, -0.25) is 18.6 Å². The molecule has 1 N–H and O–H groups in total. The van der Waals surface area contributed by atoms with Gasteiger partial charge in [-0.05, 0) is 12.8 Å². The largest absolute Gasteiger partial charge is 0.472 e. The lowest BCUT2D eigenvalue weighted by atomic mass is 10.0. The van der Waals surface area contributed by atoms with Crippen molar-refractivity contribution in [1.82, 2.24) is 0 Å². The summed E-state index contributed by atoms with van der Waals surface area (Å²) in [6.45, 7) is 4.53. The molecule has 0 amide bonds. The van der Waals surface area contributed by atoms with Crippen LogP contribution in [0, 0.1) is 0 Å². The van der Waals surface area contributed by atoms with Crippen LogP contribution in [0.25, 0.3) is 0 Å². The number of ether oxygens (including phenoxy) is 2. The highest BCUT2D eigenvalue weighted by Gasteiger charge is 2.27. The first-order valence-electron chi connectivity index (χ1n) is 34.3. The van der Waals surface area contributed by atoms with Gasteiger partial charge in [0, 0.05) is 12.8 Å². The molecule has 0 heterocycles. The number of esters is 2. The summed E-state index contributed by atoms with van der Waals surface area (Å²) in [4.78, 5) is 35.8. The van der Waals surface area contributed by atoms with Crippen molar-refractivity contribution in [3.05, 3.63) is 0 Å². The van der Waals surface area contributed by atoms with Crippen molar-refractivity contribution in [3.8, 4) is 0 Å². The normalized spacial score (nSPS) is 13.1. The quantitative estimate of drug-likeness (QED) is 0.0278. The Bertz CT molecular complexity index is 1260. The minimum absolute atomic E-state index is 0.0377. The second kappa shape index (κ2) is 59.6. The smallest absolute Gasteiger partial charge is 0.462 e. The summed E-state index contributed by atoms with van der Waals surface area (Å²) in [5, 5.41) is 0. The number of phosphoric acid groups is 1. The first kappa shape index (κ1) is 76.0. The van der Waals surface area contributed by atoms with Crippen molar-refractivity contribution in [2.75, 3.05) is 47.5 Å². The number of carbonyl (C=O) groups excluding carboxylic acids is 2. The van der Waals surface area contributed by atoms with E-state index in [2.05, 4.69) is 13.8 Å². The summed E-state index contributed by atoms with van der Waals surface area (Å²) in [5.74, 6) is -0.768. The molecule has 0 spiro atoms. The summed E-state index contributed by atoms with van der Waals surface area (Å²) in [6.07, 6.45) is 70.6. The number of hydrogen-bond acceptors (Lipinski definition) is 7. The molecule has 0 aliphatic heterocycles. The first-order valence-corrected chi connectivity index (χ1v) is 35.8. The zero-order valence-corrected chi connectivity index (χ0v) is 53.4. The Balaban J connectivity index is 3.99. The van der Waals surface area contributed by atoms with Crippen LogP contribution >= 0.6 is 7.82 Å². The molecule has 0 aromatic heterocycles. The van der Waals surface area contributed by atoms with Crippen LogP contribution in [0.5, 0.6) is 0 Å². The van der Waals surface area contributed by atoms with E-state index in [0.29, 0.717) is 17.4 Å². The highest BCUT2D eigenvalue weighted by Crippen LogP contribution is 2.43. The van der Waals surface area contributed by atoms with E-state index in [4.69, 9.17) is 18.5 Å². The zero-order chi connectivity index (χ0) is 56.3. The molecule has 0 bridgehead atoms. The van der Waals surface area contributed by atoms with Crippen LogP contribution in [0.2, 0.25) is 0 Å². The Morgan fingerprint density at radius 1 is 0.351 bits per heavy atom. The Morgan fingerprint density at radius 2 is 0.584 bits per heavy atom. The average molecular weight is 1110 g/mol. The van der Waals surface area contributed by atoms with Gasteiger partial charge in [-0.1, -0.05) is 341 Å². The van der Waals surface area contributed by atoms with E-state index in [0.717, 1.165) is 38.5 Å². The number of unbranched alkanes of at least 4 members (excludes halogenated alkanes) is 51. The number of quaternary nitrogens is 1. The predicted octanol–water partition coefficient (Wildman–Crippen LogP) is 21.8. The SMILES string of the molecule is CCCCCCCCCCCCCCCCCCCCCCCCCCCCCCC(=O)OC(COC(=O)CCCCCCCCCCCCCCCCCCCCCCCCCCC)COP(=O)(O)OCC[N+](C)(C)C. The van der Waals surface area contributed by atoms with E-state index in [1.165, 1.54) is 302 Å². The van der Waals surface area contributed by atoms with Gasteiger partial charge in [-0.15, -0.1) is 0 Å². The molecule has 0 radical (unpaired) electrons. The molecule has 0 saturated heterocycles. The average Bonchev–Trinajstić information content (AvgIpc) is 3.39. The van der Waals surface area contributed by atoms with Crippen LogP contribution in [0.3, 0.4) is 0 Å². The number of phosphoric ester groups is 1. The standard InChI is InChI=1S/C67H134NO8P/c1-6-8-10-12-14-16-18-20-22-24-26-28-30-32-33-34-36-38-40-42-44-46-48-50-52-54-56-58-60-67(70)76-65(64-75-77(71,72)74-62-61-68(3,4)5)63-73-66(69)59-57-55-53-51-49-47-45-43-41-39-37-35-31-29-27-25-23-21-19-17-15-13-11-9-7-2/h65H,6-64H2,1-5H3/p+1. The van der Waals surface area contributed by atoms with Gasteiger partial charge in [0.15, 0.2) is 6.10 Å². The minimum Gasteiger partial charge on any atom is -0.462 e. The second-order valence-corrected chi connectivity index (χ2v) is 26.4. The number of likely N-dealkylation sites (N-methyl/N-ethyl adjacent to an activating group) is 1. The molecule has 0 aromatic rings. The van der Waals surface area contributed by atoms with Gasteiger partial charge in [0.2, 0.25) is 0 Å². The molecular weight excluding hydrogens is 978 g/mol. The fourth-order valence-corrected chi connectivity index (χ4v) is 11.4. The molecule has 0 aromatic carbocycles. The molecule has 0 rings (SSSR count). The molecule has 10 heteroatoms. The lowest BCUT2D eigenvalue weighted by molar-refractivity contribution is -0.870. The maximum Gasteiger partial charge on any atom is 0.472 e. The van der Waals surface area contributed by atoms with Crippen molar-refractivity contribution in [2.24, 2.45) is 0 Å². The molecule has 460 valence electrons. The van der Waals surface area contributed by atoms with Gasteiger partial charge in [0.05, 0.1) is 27.7 Å². The fourth-order valence-electron chi connectivity index (χ4n) is 10.6. The number of hydrogen-bond donors (Lipinski definition) is 1. The number of carbonyl (C=O) groups is 2. The molecule has 2 unspecified atom stereocenters. The van der Waals surface area contributed by atoms with Gasteiger partial charge in [-0.2, -0.15) is 0 Å². The van der Waals surface area contributed by atoms with E-state index in [1.54, 1.807) is 0 Å². The third-order valence-corrected chi connectivity index (χ3v) is 16.9. The van der Waals surface area contributed by atoms with E-state index >= 15 is 0 Å². The summed E-state index contributed by atoms with van der Waals surface area (Å²) < 4.78 is 34.7. The highest BCUT2D eigenvalue weighted by atomic mass is 31.2. The highest BCUT2D eigenvalue weighted by molar-refractivity contribution is 7.47. The second-order valence-electron chi connectivity index (χ2n) is 24.9. The van der Waals surface area contributed by atoms with Crippen molar-refractivity contribution >= 4 is 19.8 Å². The summed E-state index contributed by atoms with van der Waals surface area (Å²) in [6, 6.07) is 0. The van der Waals surface area contributed by atoms with E-state index in [-0.39, 0.29) is 25.6 Å². The van der Waals surface area contributed by atoms with Crippen LogP contribution in [0.4, 0.5) is 0 Å². The van der Waals surface area contributed by atoms with Crippen molar-refractivity contribution in [3.63, 3.8) is 0 Å². The maximum absolute atomic E-state index is 12.9. The van der Waals surface area contributed by atoms with Crippen LogP contribution in [0.1, 0.15) is 367 Å². The molecule has 9 nitrogen and oxygen atoms in total. The zero-order valence-electron chi connectivity index (χ0n) is 52.5. The molecule has 0 saturated carbocycles. The summed E-state index contributed by atoms with van der Waals surface area (Å²) in [5.41, 5.74) is 0. The monoisotopic (exact) mass is 1110 g/mol. The Labute approximate surface area is 480 Å². The first-order chi connectivity index (χ1) is 37.5. The molecule has 0 aliphatic rings. The molecule has 0 fully saturated rings. The molecular formula is C67H135NO8P+. The van der Waals surface area contributed by atoms with E-state index < -0.39 is 26.5 Å². The number of rotatable bonds is 65. The van der Waals surface area contributed by atoms with E-state index in [1.807, 2.05) is 21.1 Å². The van der Waals surface area contributed by atoms with Gasteiger partial charge in [0.25, 0.3) is 0 Å². The molecule has 0 aliphatic carbocycles. The van der Waals surface area contributed by atoms with Crippen LogP contribution in [-0.2, 0) is 32.7 Å². The third kappa shape index (κ3) is 64.1. The minimum atomic E-state index is -4.38. The molecule has 77 heavy (non-hydrogen) atoms.